The van der Waals surface area contributed by atoms with Crippen molar-refractivity contribution >= 4 is 21.4 Å². The molecule has 0 amide bonds. The van der Waals surface area contributed by atoms with Crippen LogP contribution in [0.15, 0.2) is 11.0 Å². The van der Waals surface area contributed by atoms with Gasteiger partial charge >= 0.3 is 0 Å². The molecule has 0 aliphatic carbocycles. The van der Waals surface area contributed by atoms with Gasteiger partial charge in [-0.25, -0.2) is 13.1 Å². The Morgan fingerprint density at radius 2 is 1.95 bits per heavy atom. The monoisotopic (exact) mass is 318 g/mol. The van der Waals surface area contributed by atoms with Gasteiger partial charge in [-0.1, -0.05) is 27.2 Å². The van der Waals surface area contributed by atoms with E-state index in [0.717, 1.165) is 29.3 Å². The molecule has 20 heavy (non-hydrogen) atoms. The molecule has 0 aliphatic heterocycles. The number of nitrogens with one attached hydrogen (secondary N) is 2. The Bertz CT molecular complexity index is 523. The fourth-order valence-electron chi connectivity index (χ4n) is 1.90. The summed E-state index contributed by atoms with van der Waals surface area (Å²) in [6, 6.07) is 1.73. The van der Waals surface area contributed by atoms with Crippen molar-refractivity contribution in [3.63, 3.8) is 0 Å². The van der Waals surface area contributed by atoms with Gasteiger partial charge in [-0.05, 0) is 32.4 Å². The van der Waals surface area contributed by atoms with Gasteiger partial charge in [0.1, 0.15) is 0 Å². The molecule has 2 atom stereocenters. The first-order valence-corrected chi connectivity index (χ1v) is 9.44. The molecule has 0 aromatic carbocycles. The van der Waals surface area contributed by atoms with Crippen molar-refractivity contribution in [3.05, 3.63) is 15.8 Å². The second-order valence-corrected chi connectivity index (χ2v) is 8.23. The Morgan fingerprint density at radius 1 is 1.30 bits per heavy atom. The summed E-state index contributed by atoms with van der Waals surface area (Å²) >= 11 is 1.54. The average Bonchev–Trinajstić information content (AvgIpc) is 2.76. The van der Waals surface area contributed by atoms with Gasteiger partial charge in [0, 0.05) is 22.3 Å². The van der Waals surface area contributed by atoms with Crippen LogP contribution < -0.4 is 10.0 Å². The lowest BCUT2D eigenvalue weighted by atomic mass is 10.0. The average molecular weight is 319 g/mol. The Labute approximate surface area is 127 Å². The fraction of sp³-hybridized carbons (Fsp3) is 0.714. The smallest absolute Gasteiger partial charge is 0.241 e. The van der Waals surface area contributed by atoms with Gasteiger partial charge in [-0.15, -0.1) is 11.3 Å². The molecule has 0 saturated heterocycles. The lowest BCUT2D eigenvalue weighted by molar-refractivity contribution is 0.434. The molecule has 2 N–H and O–H groups in total. The first-order valence-electron chi connectivity index (χ1n) is 7.14. The van der Waals surface area contributed by atoms with E-state index in [2.05, 4.69) is 23.9 Å². The van der Waals surface area contributed by atoms with Crippen LogP contribution in [0.25, 0.3) is 0 Å². The summed E-state index contributed by atoms with van der Waals surface area (Å²) in [5, 5.41) is 3.22. The molecule has 0 radical (unpaired) electrons. The van der Waals surface area contributed by atoms with E-state index in [0.29, 0.717) is 10.8 Å². The number of aryl methyl sites for hydroxylation is 1. The molecule has 1 rings (SSSR count). The summed E-state index contributed by atoms with van der Waals surface area (Å²) < 4.78 is 27.7. The van der Waals surface area contributed by atoms with E-state index in [1.54, 1.807) is 17.4 Å². The topological polar surface area (TPSA) is 58.2 Å². The van der Waals surface area contributed by atoms with Gasteiger partial charge in [0.15, 0.2) is 0 Å². The van der Waals surface area contributed by atoms with Gasteiger partial charge in [0.2, 0.25) is 10.0 Å². The lowest BCUT2D eigenvalue weighted by Crippen LogP contribution is -2.36. The lowest BCUT2D eigenvalue weighted by Gasteiger charge is -2.19. The van der Waals surface area contributed by atoms with Crippen LogP contribution in [0.3, 0.4) is 0 Å². The molecular formula is C14H26N2O2S2. The zero-order valence-corrected chi connectivity index (χ0v) is 14.6. The molecule has 0 fully saturated rings. The second-order valence-electron chi connectivity index (χ2n) is 5.21. The van der Waals surface area contributed by atoms with Crippen molar-refractivity contribution in [3.8, 4) is 0 Å². The van der Waals surface area contributed by atoms with Crippen molar-refractivity contribution in [2.75, 3.05) is 6.54 Å². The fourth-order valence-corrected chi connectivity index (χ4v) is 4.86. The number of hydrogen-bond acceptors (Lipinski definition) is 4. The molecule has 6 heteroatoms. The molecule has 2 unspecified atom stereocenters. The zero-order valence-electron chi connectivity index (χ0n) is 13.0. The summed E-state index contributed by atoms with van der Waals surface area (Å²) in [6.45, 7) is 11.5. The van der Waals surface area contributed by atoms with Crippen LogP contribution in [-0.4, -0.2) is 21.0 Å². The maximum atomic E-state index is 12.4. The van der Waals surface area contributed by atoms with Crippen LogP contribution in [-0.2, 0) is 16.6 Å². The number of rotatable bonds is 8. The molecule has 1 aromatic heterocycles. The third kappa shape index (κ3) is 4.55. The maximum Gasteiger partial charge on any atom is 0.241 e. The Morgan fingerprint density at radius 3 is 2.50 bits per heavy atom. The molecule has 0 aliphatic rings. The maximum absolute atomic E-state index is 12.4. The molecule has 1 heterocycles. The predicted octanol–water partition coefficient (Wildman–Crippen LogP) is 2.88. The van der Waals surface area contributed by atoms with E-state index in [1.807, 2.05) is 20.8 Å². The van der Waals surface area contributed by atoms with Gasteiger partial charge < -0.3 is 5.32 Å². The van der Waals surface area contributed by atoms with E-state index in [9.17, 15) is 8.42 Å². The third-order valence-electron chi connectivity index (χ3n) is 3.60. The first kappa shape index (κ1) is 17.6. The Kier molecular flexibility index (Phi) is 6.64. The van der Waals surface area contributed by atoms with Crippen LogP contribution in [0.4, 0.5) is 0 Å². The van der Waals surface area contributed by atoms with Crippen molar-refractivity contribution in [2.45, 2.75) is 58.5 Å². The van der Waals surface area contributed by atoms with Crippen LogP contribution in [0.2, 0.25) is 0 Å². The van der Waals surface area contributed by atoms with E-state index < -0.39 is 10.0 Å². The highest BCUT2D eigenvalue weighted by Gasteiger charge is 2.23. The normalized spacial score (nSPS) is 15.2. The van der Waals surface area contributed by atoms with Crippen LogP contribution >= 0.6 is 11.3 Å². The SMILES string of the molecule is CCNCc1cc(S(=O)(=O)NC(C)C(C)CC)c(C)s1. The van der Waals surface area contributed by atoms with Crippen molar-refractivity contribution in [1.82, 2.24) is 10.0 Å². The van der Waals surface area contributed by atoms with Crippen LogP contribution in [0.5, 0.6) is 0 Å². The first-order chi connectivity index (χ1) is 9.31. The van der Waals surface area contributed by atoms with E-state index >= 15 is 0 Å². The summed E-state index contributed by atoms with van der Waals surface area (Å²) in [6.07, 6.45) is 0.956. The molecule has 0 spiro atoms. The standard InChI is InChI=1S/C14H26N2O2S2/c1-6-10(3)11(4)16-20(17,18)14-8-13(9-15-7-2)19-12(14)5/h8,10-11,15-16H,6-7,9H2,1-5H3. The summed E-state index contributed by atoms with van der Waals surface area (Å²) in [7, 11) is -3.42. The highest BCUT2D eigenvalue weighted by atomic mass is 32.2. The summed E-state index contributed by atoms with van der Waals surface area (Å²) in [5.74, 6) is 0.324. The highest BCUT2D eigenvalue weighted by molar-refractivity contribution is 7.89. The molecule has 0 bridgehead atoms. The molecule has 116 valence electrons. The van der Waals surface area contributed by atoms with E-state index in [1.165, 1.54) is 0 Å². The largest absolute Gasteiger partial charge is 0.312 e. The Hall–Kier alpha value is -0.430. The van der Waals surface area contributed by atoms with Crippen molar-refractivity contribution in [1.29, 1.82) is 0 Å². The summed E-state index contributed by atoms with van der Waals surface area (Å²) in [5.41, 5.74) is 0. The van der Waals surface area contributed by atoms with Crippen molar-refractivity contribution < 1.29 is 8.42 Å². The quantitative estimate of drug-likeness (QED) is 0.775. The number of hydrogen-bond donors (Lipinski definition) is 2. The van der Waals surface area contributed by atoms with Gasteiger partial charge in [-0.3, -0.25) is 0 Å². The van der Waals surface area contributed by atoms with E-state index in [4.69, 9.17) is 0 Å². The van der Waals surface area contributed by atoms with Crippen molar-refractivity contribution in [2.24, 2.45) is 5.92 Å². The van der Waals surface area contributed by atoms with Crippen LogP contribution in [0.1, 0.15) is 43.9 Å². The molecular weight excluding hydrogens is 292 g/mol. The molecule has 4 nitrogen and oxygen atoms in total. The zero-order chi connectivity index (χ0) is 15.3. The minimum atomic E-state index is -3.42. The second kappa shape index (κ2) is 7.54. The third-order valence-corrected chi connectivity index (χ3v) is 6.47. The van der Waals surface area contributed by atoms with Gasteiger partial charge in [-0.2, -0.15) is 0 Å². The summed E-state index contributed by atoms with van der Waals surface area (Å²) in [4.78, 5) is 2.33. The molecule has 0 saturated carbocycles. The van der Waals surface area contributed by atoms with Crippen LogP contribution in [0, 0.1) is 12.8 Å². The number of thiophene rings is 1. The highest BCUT2D eigenvalue weighted by Crippen LogP contribution is 2.26. The number of sulfonamides is 1. The minimum Gasteiger partial charge on any atom is -0.312 e. The predicted molar refractivity (Wildman–Crippen MR) is 85.7 cm³/mol. The van der Waals surface area contributed by atoms with E-state index in [-0.39, 0.29) is 6.04 Å². The van der Waals surface area contributed by atoms with Gasteiger partial charge in [0.05, 0.1) is 4.90 Å². The Balaban J connectivity index is 2.89. The molecule has 1 aromatic rings. The van der Waals surface area contributed by atoms with Gasteiger partial charge in [0.25, 0.3) is 0 Å². The minimum absolute atomic E-state index is 0.0542.